The van der Waals surface area contributed by atoms with E-state index in [4.69, 9.17) is 36.8 Å². The monoisotopic (exact) mass is 296 g/mol. The minimum absolute atomic E-state index is 1.47. The van der Waals surface area contributed by atoms with Gasteiger partial charge in [0.15, 0.2) is 13.0 Å². The highest BCUT2D eigenvalue weighted by Gasteiger charge is 2.25. The van der Waals surface area contributed by atoms with Crippen molar-refractivity contribution in [3.8, 4) is 0 Å². The first-order valence-electron chi connectivity index (χ1n) is 3.66. The van der Waals surface area contributed by atoms with Crippen molar-refractivity contribution in [3.05, 3.63) is 0 Å². The first-order valence-corrected chi connectivity index (χ1v) is 12.3. The van der Waals surface area contributed by atoms with Crippen LogP contribution in [0.1, 0.15) is 0 Å². The number of hydrogen-bond acceptors (Lipinski definition) is 6. The smallest absolute Gasteiger partial charge is 0.202 e. The summed E-state index contributed by atoms with van der Waals surface area (Å²) in [5.41, 5.74) is 0. The van der Waals surface area contributed by atoms with E-state index in [0.29, 0.717) is 0 Å². The van der Waals surface area contributed by atoms with Gasteiger partial charge in [-0.15, -0.1) is 0 Å². The van der Waals surface area contributed by atoms with Crippen molar-refractivity contribution < 1.29 is 17.7 Å². The van der Waals surface area contributed by atoms with E-state index in [2.05, 4.69) is 0 Å². The van der Waals surface area contributed by atoms with Crippen LogP contribution in [-0.4, -0.2) is 33.8 Å². The molecule has 0 aliphatic heterocycles. The molecule has 0 saturated heterocycles. The van der Waals surface area contributed by atoms with E-state index < -0.39 is 20.4 Å². The summed E-state index contributed by atoms with van der Waals surface area (Å²) in [5, 5.41) is 0. The molecular formula is C5H15O4P3S2. The van der Waals surface area contributed by atoms with Gasteiger partial charge in [-0.3, -0.25) is 13.2 Å². The molecule has 0 spiro atoms. The molecule has 0 radical (unpaired) electrons. The Balaban J connectivity index is 4.60. The van der Waals surface area contributed by atoms with E-state index in [1.54, 1.807) is 13.3 Å². The van der Waals surface area contributed by atoms with Crippen LogP contribution in [0.3, 0.4) is 0 Å². The van der Waals surface area contributed by atoms with Crippen molar-refractivity contribution in [1.82, 2.24) is 0 Å². The summed E-state index contributed by atoms with van der Waals surface area (Å²) in [6, 6.07) is 0. The fourth-order valence-corrected chi connectivity index (χ4v) is 10.5. The Kier molecular flexibility index (Phi) is 5.68. The van der Waals surface area contributed by atoms with E-state index in [1.807, 2.05) is 0 Å². The summed E-state index contributed by atoms with van der Waals surface area (Å²) in [4.78, 5) is 0. The predicted molar refractivity (Wildman–Crippen MR) is 69.1 cm³/mol. The van der Waals surface area contributed by atoms with Crippen LogP contribution < -0.4 is 0 Å². The summed E-state index contributed by atoms with van der Waals surface area (Å²) in [6.45, 7) is 1.34. The second-order valence-electron chi connectivity index (χ2n) is 3.14. The predicted octanol–water partition coefficient (Wildman–Crippen LogP) is 3.08. The van der Waals surface area contributed by atoms with Crippen LogP contribution in [0.25, 0.3) is 0 Å². The first kappa shape index (κ1) is 15.4. The summed E-state index contributed by atoms with van der Waals surface area (Å²) in [6.07, 6.45) is 0. The molecule has 0 aliphatic carbocycles. The molecule has 2 unspecified atom stereocenters. The highest BCUT2D eigenvalue weighted by molar-refractivity contribution is 8.17. The Morgan fingerprint density at radius 3 is 1.64 bits per heavy atom. The normalized spacial score (nSPS) is 21.2. The molecule has 14 heavy (non-hydrogen) atoms. The molecule has 0 aromatic heterocycles. The maximum Gasteiger partial charge on any atom is 0.202 e. The van der Waals surface area contributed by atoms with Gasteiger partial charge in [0.05, 0.1) is 0 Å². The molecule has 0 aromatic carbocycles. The third-order valence-electron chi connectivity index (χ3n) is 0.973. The Hall–Kier alpha value is 1.41. The third kappa shape index (κ3) is 7.67. The lowest BCUT2D eigenvalue weighted by atomic mass is 11.8. The van der Waals surface area contributed by atoms with Crippen molar-refractivity contribution in [3.63, 3.8) is 0 Å². The molecule has 0 fully saturated rings. The van der Waals surface area contributed by atoms with Crippen molar-refractivity contribution in [2.24, 2.45) is 0 Å². The van der Waals surface area contributed by atoms with Crippen LogP contribution >= 0.6 is 20.4 Å². The van der Waals surface area contributed by atoms with Gasteiger partial charge in [-0.1, -0.05) is 0 Å². The van der Waals surface area contributed by atoms with E-state index >= 15 is 0 Å². The molecule has 0 saturated carbocycles. The van der Waals surface area contributed by atoms with Gasteiger partial charge in [0.1, 0.15) is 0 Å². The molecule has 4 nitrogen and oxygen atoms in total. The lowest BCUT2D eigenvalue weighted by Crippen LogP contribution is -1.92. The van der Waals surface area contributed by atoms with E-state index in [9.17, 15) is 4.57 Å². The second kappa shape index (κ2) is 5.16. The zero-order valence-electron chi connectivity index (χ0n) is 8.79. The van der Waals surface area contributed by atoms with Crippen LogP contribution in [0, 0.1) is 0 Å². The van der Waals surface area contributed by atoms with Crippen LogP contribution in [0.2, 0.25) is 0 Å². The quantitative estimate of drug-likeness (QED) is 0.726. The third-order valence-corrected chi connectivity index (χ3v) is 9.02. The Morgan fingerprint density at radius 1 is 0.929 bits per heavy atom. The van der Waals surface area contributed by atoms with Gasteiger partial charge in [-0.05, 0) is 23.6 Å². The van der Waals surface area contributed by atoms with Gasteiger partial charge in [-0.25, -0.2) is 0 Å². The van der Waals surface area contributed by atoms with Crippen LogP contribution in [0.15, 0.2) is 0 Å². The van der Waals surface area contributed by atoms with Gasteiger partial charge < -0.3 is 4.52 Å². The topological polar surface area (TPSA) is 44.8 Å². The van der Waals surface area contributed by atoms with Gasteiger partial charge in [0, 0.05) is 33.8 Å². The standard InChI is InChI=1S/C5H15O4P3S2/c1-7-11(4,13)9-12(5,14)8-10(2,3)6/h1-5H3. The average molecular weight is 296 g/mol. The van der Waals surface area contributed by atoms with Crippen LogP contribution in [0.5, 0.6) is 0 Å². The summed E-state index contributed by atoms with van der Waals surface area (Å²) in [5.74, 6) is 0. The average Bonchev–Trinajstić information content (AvgIpc) is 1.78. The Labute approximate surface area is 95.5 Å². The highest BCUT2D eigenvalue weighted by atomic mass is 32.5. The van der Waals surface area contributed by atoms with Crippen molar-refractivity contribution >= 4 is 44.0 Å². The van der Waals surface area contributed by atoms with Crippen molar-refractivity contribution in [2.75, 3.05) is 33.8 Å². The molecule has 9 heteroatoms. The molecule has 0 heterocycles. The van der Waals surface area contributed by atoms with E-state index in [0.717, 1.165) is 0 Å². The van der Waals surface area contributed by atoms with E-state index in [1.165, 1.54) is 20.4 Å². The number of rotatable bonds is 5. The Morgan fingerprint density at radius 2 is 1.36 bits per heavy atom. The zero-order valence-corrected chi connectivity index (χ0v) is 13.1. The molecule has 0 aromatic rings. The molecule has 0 amide bonds. The van der Waals surface area contributed by atoms with E-state index in [-0.39, 0.29) is 0 Å². The van der Waals surface area contributed by atoms with Crippen LogP contribution in [-0.2, 0) is 41.3 Å². The summed E-state index contributed by atoms with van der Waals surface area (Å²) < 4.78 is 27.0. The fourth-order valence-electron chi connectivity index (χ4n) is 0.675. The highest BCUT2D eigenvalue weighted by Crippen LogP contribution is 2.67. The molecular weight excluding hydrogens is 281 g/mol. The minimum atomic E-state index is -2.65. The van der Waals surface area contributed by atoms with Crippen LogP contribution in [0.4, 0.5) is 0 Å². The second-order valence-corrected chi connectivity index (χ2v) is 14.4. The lowest BCUT2D eigenvalue weighted by molar-refractivity contribution is 0.393. The lowest BCUT2D eigenvalue weighted by Gasteiger charge is -2.24. The SMILES string of the molecule is COP(C)(=S)OP(C)(=S)OP(C)(C)=O. The van der Waals surface area contributed by atoms with Gasteiger partial charge in [0.2, 0.25) is 7.37 Å². The van der Waals surface area contributed by atoms with Gasteiger partial charge in [-0.2, -0.15) is 0 Å². The fraction of sp³-hybridized carbons (Fsp3) is 1.00. The molecule has 0 N–H and O–H groups in total. The maximum absolute atomic E-state index is 11.4. The minimum Gasteiger partial charge on any atom is -0.333 e. The Bertz CT molecular complexity index is 336. The summed E-state index contributed by atoms with van der Waals surface area (Å²) >= 11 is 10.1. The molecule has 0 bridgehead atoms. The summed E-state index contributed by atoms with van der Waals surface area (Å²) in [7, 11) is -1.18. The maximum atomic E-state index is 11.4. The largest absolute Gasteiger partial charge is 0.333 e. The first-order chi connectivity index (χ1) is 5.97. The van der Waals surface area contributed by atoms with Crippen molar-refractivity contribution in [1.29, 1.82) is 0 Å². The number of hydrogen-bond donors (Lipinski definition) is 0. The molecule has 0 aliphatic rings. The molecule has 2 atom stereocenters. The van der Waals surface area contributed by atoms with Gasteiger partial charge in [0.25, 0.3) is 0 Å². The molecule has 0 rings (SSSR count). The van der Waals surface area contributed by atoms with Crippen molar-refractivity contribution in [2.45, 2.75) is 0 Å². The van der Waals surface area contributed by atoms with Gasteiger partial charge >= 0.3 is 0 Å². The zero-order chi connectivity index (χ0) is 11.6. The molecule has 86 valence electrons.